The highest BCUT2D eigenvalue weighted by Crippen LogP contribution is 2.04. The lowest BCUT2D eigenvalue weighted by atomic mass is 10.2. The summed E-state index contributed by atoms with van der Waals surface area (Å²) in [4.78, 5) is 9.42. The van der Waals surface area contributed by atoms with Crippen LogP contribution in [0.1, 0.15) is 18.9 Å². The van der Waals surface area contributed by atoms with E-state index in [1.54, 1.807) is 6.07 Å². The van der Waals surface area contributed by atoms with Gasteiger partial charge in [-0.25, -0.2) is 9.38 Å². The quantitative estimate of drug-likeness (QED) is 0.386. The van der Waals surface area contributed by atoms with E-state index in [1.165, 1.54) is 25.1 Å². The predicted molar refractivity (Wildman–Crippen MR) is 113 cm³/mol. The molecule has 25 heavy (non-hydrogen) atoms. The topological polar surface area (TPSA) is 42.9 Å². The van der Waals surface area contributed by atoms with Gasteiger partial charge in [0, 0.05) is 32.7 Å². The second kappa shape index (κ2) is 12.4. The van der Waals surface area contributed by atoms with Gasteiger partial charge in [-0.05, 0) is 51.2 Å². The van der Waals surface area contributed by atoms with Crippen molar-refractivity contribution in [1.29, 1.82) is 0 Å². The van der Waals surface area contributed by atoms with Crippen molar-refractivity contribution < 1.29 is 4.39 Å². The minimum atomic E-state index is -0.216. The van der Waals surface area contributed by atoms with Crippen molar-refractivity contribution in [3.8, 4) is 0 Å². The molecule has 1 aliphatic heterocycles. The molecule has 0 atom stereocenters. The van der Waals surface area contributed by atoms with Gasteiger partial charge in [0.05, 0.1) is 6.54 Å². The van der Waals surface area contributed by atoms with E-state index in [9.17, 15) is 4.39 Å². The summed E-state index contributed by atoms with van der Waals surface area (Å²) in [6, 6.07) is 6.59. The van der Waals surface area contributed by atoms with Crippen LogP contribution in [-0.4, -0.2) is 68.6 Å². The van der Waals surface area contributed by atoms with Gasteiger partial charge in [0.15, 0.2) is 5.96 Å². The molecule has 5 nitrogen and oxygen atoms in total. The molecule has 142 valence electrons. The first-order valence-corrected chi connectivity index (χ1v) is 8.85. The monoisotopic (exact) mass is 463 g/mol. The van der Waals surface area contributed by atoms with E-state index in [4.69, 9.17) is 0 Å². The Balaban J connectivity index is 0.00000312. The van der Waals surface area contributed by atoms with E-state index in [1.807, 2.05) is 13.0 Å². The SMILES string of the molecule is CCNC(=NCc1cccc(F)c1)NCCN1CCCN(C)CC1.I. The van der Waals surface area contributed by atoms with E-state index in [-0.39, 0.29) is 29.8 Å². The summed E-state index contributed by atoms with van der Waals surface area (Å²) in [5, 5.41) is 6.62. The molecule has 0 radical (unpaired) electrons. The van der Waals surface area contributed by atoms with Crippen molar-refractivity contribution in [2.75, 3.05) is 52.9 Å². The van der Waals surface area contributed by atoms with Crippen molar-refractivity contribution >= 4 is 29.9 Å². The molecule has 7 heteroatoms. The fourth-order valence-electron chi connectivity index (χ4n) is 2.80. The largest absolute Gasteiger partial charge is 0.357 e. The molecule has 0 aliphatic carbocycles. The van der Waals surface area contributed by atoms with Gasteiger partial charge in [-0.3, -0.25) is 0 Å². The molecule has 0 bridgehead atoms. The zero-order valence-electron chi connectivity index (χ0n) is 15.3. The number of nitrogens with zero attached hydrogens (tertiary/aromatic N) is 3. The Morgan fingerprint density at radius 1 is 1.20 bits per heavy atom. The first-order valence-electron chi connectivity index (χ1n) is 8.85. The summed E-state index contributed by atoms with van der Waals surface area (Å²) in [7, 11) is 2.18. The molecular formula is C18H31FIN5. The molecule has 0 amide bonds. The van der Waals surface area contributed by atoms with Crippen LogP contribution in [0, 0.1) is 5.82 Å². The molecule has 0 spiro atoms. The first kappa shape index (κ1) is 22.1. The van der Waals surface area contributed by atoms with Crippen LogP contribution in [0.25, 0.3) is 0 Å². The van der Waals surface area contributed by atoms with Crippen molar-refractivity contribution in [2.24, 2.45) is 4.99 Å². The summed E-state index contributed by atoms with van der Waals surface area (Å²) in [6.45, 7) is 9.79. The van der Waals surface area contributed by atoms with Crippen LogP contribution in [-0.2, 0) is 6.54 Å². The summed E-state index contributed by atoms with van der Waals surface area (Å²) in [5.41, 5.74) is 0.878. The molecule has 0 aromatic heterocycles. The molecule has 0 unspecified atom stereocenters. The lowest BCUT2D eigenvalue weighted by Crippen LogP contribution is -2.42. The predicted octanol–water partition coefficient (Wildman–Crippen LogP) is 2.14. The van der Waals surface area contributed by atoms with E-state index >= 15 is 0 Å². The highest BCUT2D eigenvalue weighted by Gasteiger charge is 2.11. The molecule has 2 N–H and O–H groups in total. The molecule has 1 aromatic rings. The van der Waals surface area contributed by atoms with Crippen molar-refractivity contribution in [3.05, 3.63) is 35.6 Å². The zero-order valence-corrected chi connectivity index (χ0v) is 17.6. The second-order valence-electron chi connectivity index (χ2n) is 6.25. The molecule has 1 aliphatic rings. The molecular weight excluding hydrogens is 432 g/mol. The Labute approximate surface area is 168 Å². The maximum Gasteiger partial charge on any atom is 0.191 e. The number of hydrogen-bond acceptors (Lipinski definition) is 3. The van der Waals surface area contributed by atoms with Crippen LogP contribution in [0.15, 0.2) is 29.3 Å². The smallest absolute Gasteiger partial charge is 0.191 e. The number of guanidine groups is 1. The summed E-state index contributed by atoms with van der Waals surface area (Å²) in [6.07, 6.45) is 1.23. The maximum atomic E-state index is 13.2. The van der Waals surface area contributed by atoms with E-state index in [0.717, 1.165) is 50.8 Å². The van der Waals surface area contributed by atoms with Crippen molar-refractivity contribution in [1.82, 2.24) is 20.4 Å². The standard InChI is InChI=1S/C18H30FN5.HI/c1-3-20-18(22-15-16-6-4-7-17(19)14-16)21-8-11-24-10-5-9-23(2)12-13-24;/h4,6-7,14H,3,5,8-13,15H2,1-2H3,(H2,20,21,22);1H. The Kier molecular flexibility index (Phi) is 11.0. The minimum Gasteiger partial charge on any atom is -0.357 e. The third-order valence-electron chi connectivity index (χ3n) is 4.19. The number of rotatable bonds is 6. The van der Waals surface area contributed by atoms with Gasteiger partial charge in [-0.1, -0.05) is 12.1 Å². The Morgan fingerprint density at radius 3 is 2.80 bits per heavy atom. The summed E-state index contributed by atoms with van der Waals surface area (Å²) < 4.78 is 13.2. The second-order valence-corrected chi connectivity index (χ2v) is 6.25. The average molecular weight is 463 g/mol. The van der Waals surface area contributed by atoms with Crippen LogP contribution >= 0.6 is 24.0 Å². The van der Waals surface area contributed by atoms with E-state index < -0.39 is 0 Å². The van der Waals surface area contributed by atoms with Crippen molar-refractivity contribution in [2.45, 2.75) is 19.9 Å². The number of hydrogen-bond donors (Lipinski definition) is 2. The molecule has 0 saturated carbocycles. The number of benzene rings is 1. The molecule has 1 heterocycles. The summed E-state index contributed by atoms with van der Waals surface area (Å²) in [5.74, 6) is 0.570. The van der Waals surface area contributed by atoms with Crippen molar-refractivity contribution in [3.63, 3.8) is 0 Å². The van der Waals surface area contributed by atoms with E-state index in [0.29, 0.717) is 6.54 Å². The number of aliphatic imine (C=N–C) groups is 1. The average Bonchev–Trinajstić information content (AvgIpc) is 2.77. The van der Waals surface area contributed by atoms with Gasteiger partial charge < -0.3 is 20.4 Å². The third kappa shape index (κ3) is 8.82. The van der Waals surface area contributed by atoms with Crippen LogP contribution in [0.5, 0.6) is 0 Å². The number of halogens is 2. The van der Waals surface area contributed by atoms with Crippen LogP contribution in [0.4, 0.5) is 4.39 Å². The lowest BCUT2D eigenvalue weighted by molar-refractivity contribution is 0.280. The van der Waals surface area contributed by atoms with Crippen LogP contribution in [0.3, 0.4) is 0 Å². The van der Waals surface area contributed by atoms with Gasteiger partial charge >= 0.3 is 0 Å². The third-order valence-corrected chi connectivity index (χ3v) is 4.19. The first-order chi connectivity index (χ1) is 11.7. The van der Waals surface area contributed by atoms with Crippen LogP contribution < -0.4 is 10.6 Å². The summed E-state index contributed by atoms with van der Waals surface area (Å²) >= 11 is 0. The van der Waals surface area contributed by atoms with Gasteiger partial charge in [-0.15, -0.1) is 24.0 Å². The van der Waals surface area contributed by atoms with Gasteiger partial charge in [0.1, 0.15) is 5.82 Å². The molecule has 2 rings (SSSR count). The molecule has 1 aromatic carbocycles. The minimum absolute atomic E-state index is 0. The Bertz CT molecular complexity index is 526. The number of likely N-dealkylation sites (N-methyl/N-ethyl adjacent to an activating group) is 1. The highest BCUT2D eigenvalue weighted by molar-refractivity contribution is 14.0. The maximum absolute atomic E-state index is 13.2. The highest BCUT2D eigenvalue weighted by atomic mass is 127. The fraction of sp³-hybridized carbons (Fsp3) is 0.611. The number of nitrogens with one attached hydrogen (secondary N) is 2. The van der Waals surface area contributed by atoms with Crippen LogP contribution in [0.2, 0.25) is 0 Å². The van der Waals surface area contributed by atoms with Gasteiger partial charge in [0.25, 0.3) is 0 Å². The molecule has 1 fully saturated rings. The Morgan fingerprint density at radius 2 is 2.04 bits per heavy atom. The Hall–Kier alpha value is -0.930. The van der Waals surface area contributed by atoms with E-state index in [2.05, 4.69) is 32.5 Å². The molecule has 1 saturated heterocycles. The normalized spacial score (nSPS) is 16.8. The van der Waals surface area contributed by atoms with Gasteiger partial charge in [0.2, 0.25) is 0 Å². The fourth-order valence-corrected chi connectivity index (χ4v) is 2.80. The van der Waals surface area contributed by atoms with Gasteiger partial charge in [-0.2, -0.15) is 0 Å². The zero-order chi connectivity index (χ0) is 17.2. The lowest BCUT2D eigenvalue weighted by Gasteiger charge is -2.21.